The molecule has 1 saturated carbocycles. The minimum absolute atomic E-state index is 0.0812. The Morgan fingerprint density at radius 3 is 2.18 bits per heavy atom. The van der Waals surface area contributed by atoms with Gasteiger partial charge in [0.15, 0.2) is 0 Å². The van der Waals surface area contributed by atoms with Crippen molar-refractivity contribution >= 4 is 10.5 Å². The fourth-order valence-electron chi connectivity index (χ4n) is 2.68. The molecule has 0 aliphatic heterocycles. The van der Waals surface area contributed by atoms with E-state index >= 15 is 0 Å². The highest BCUT2D eigenvalue weighted by atomic mass is 32.3. The van der Waals surface area contributed by atoms with Crippen molar-refractivity contribution in [3.05, 3.63) is 35.4 Å². The summed E-state index contributed by atoms with van der Waals surface area (Å²) in [5.41, 5.74) is 2.03. The van der Waals surface area contributed by atoms with Crippen LogP contribution in [0.1, 0.15) is 64.1 Å². The third-order valence-corrected chi connectivity index (χ3v) is 8.18. The van der Waals surface area contributed by atoms with E-state index in [-0.39, 0.29) is 16.2 Å². The lowest BCUT2D eigenvalue weighted by molar-refractivity contribution is 0.324. The molecule has 2 rings (SSSR count). The molecule has 0 amide bonds. The minimum atomic E-state index is -1.88. The fourth-order valence-corrected chi connectivity index (χ4v) is 3.85. The second kappa shape index (κ2) is 5.88. The number of hydrogen-bond acceptors (Lipinski definition) is 3. The predicted molar refractivity (Wildman–Crippen MR) is 95.0 cm³/mol. The van der Waals surface area contributed by atoms with Gasteiger partial charge in [0.05, 0.1) is 11.5 Å². The monoisotopic (exact) mass is 320 g/mol. The van der Waals surface area contributed by atoms with E-state index in [0.717, 1.165) is 30.4 Å². The second-order valence-corrected chi connectivity index (χ2v) is 10.7. The van der Waals surface area contributed by atoms with Gasteiger partial charge in [-0.15, -0.1) is 0 Å². The number of benzene rings is 1. The van der Waals surface area contributed by atoms with Gasteiger partial charge in [-0.25, -0.2) is 0 Å². The first-order chi connectivity index (χ1) is 10.1. The van der Waals surface area contributed by atoms with Crippen molar-refractivity contribution in [1.82, 2.24) is 4.72 Å². The molecule has 1 fully saturated rings. The number of nitrogens with one attached hydrogen (secondary N) is 1. The lowest BCUT2D eigenvalue weighted by atomic mass is 9.65. The van der Waals surface area contributed by atoms with Crippen LogP contribution >= 0.6 is 10.5 Å². The first-order valence-electron chi connectivity index (χ1n) is 7.91. The third kappa shape index (κ3) is 3.17. The minimum Gasteiger partial charge on any atom is -0.338 e. The fraction of sp³-hybridized carbons (Fsp3) is 0.611. The lowest BCUT2D eigenvalue weighted by Gasteiger charge is -2.44. The van der Waals surface area contributed by atoms with E-state index in [1.807, 2.05) is 6.26 Å². The van der Waals surface area contributed by atoms with Crippen molar-refractivity contribution < 1.29 is 4.55 Å². The molecule has 0 aromatic heterocycles. The summed E-state index contributed by atoms with van der Waals surface area (Å²) in [6.07, 6.45) is 4.99. The molecule has 3 nitrogen and oxygen atoms in total. The largest absolute Gasteiger partial charge is 0.338 e. The Hall–Kier alpha value is -1.02. The van der Waals surface area contributed by atoms with Gasteiger partial charge >= 0.3 is 0 Å². The zero-order valence-electron chi connectivity index (χ0n) is 14.3. The Morgan fingerprint density at radius 1 is 1.27 bits per heavy atom. The van der Waals surface area contributed by atoms with Crippen LogP contribution in [0.4, 0.5) is 0 Å². The number of nitriles is 1. The molecule has 1 unspecified atom stereocenters. The Morgan fingerprint density at radius 2 is 1.82 bits per heavy atom. The Labute approximate surface area is 136 Å². The smallest absolute Gasteiger partial charge is 0.0822 e. The normalized spacial score (nSPS) is 22.8. The Bertz CT molecular complexity index is 562. The summed E-state index contributed by atoms with van der Waals surface area (Å²) in [5.74, 6) is 0. The molecule has 2 N–H and O–H groups in total. The summed E-state index contributed by atoms with van der Waals surface area (Å²) in [4.78, 5) is 0. The maximum absolute atomic E-state index is 10.7. The van der Waals surface area contributed by atoms with Gasteiger partial charge in [0, 0.05) is 17.0 Å². The van der Waals surface area contributed by atoms with E-state index in [0.29, 0.717) is 0 Å². The van der Waals surface area contributed by atoms with Crippen LogP contribution in [0, 0.1) is 11.3 Å². The van der Waals surface area contributed by atoms with Gasteiger partial charge in [-0.3, -0.25) is 4.72 Å². The molecule has 1 aromatic carbocycles. The summed E-state index contributed by atoms with van der Waals surface area (Å²) in [5, 5.41) is 9.42. The standard InChI is InChI=1S/C18H28N2OS/c1-14(20-22(5,21)17(2,3)4)15-7-9-16(10-8-15)18(13-19)11-6-12-18/h7-10,14,20-21H,6,11-12H2,1-5H3/t14-/m0/s1. The number of hydrogen-bond donors (Lipinski definition) is 2. The van der Waals surface area contributed by atoms with Gasteiger partial charge in [0.1, 0.15) is 0 Å². The number of nitrogens with zero attached hydrogens (tertiary/aromatic N) is 1. The van der Waals surface area contributed by atoms with Crippen molar-refractivity contribution in [3.63, 3.8) is 0 Å². The number of rotatable bonds is 4. The lowest BCUT2D eigenvalue weighted by Crippen LogP contribution is -2.36. The first-order valence-corrected chi connectivity index (χ1v) is 9.90. The Balaban J connectivity index is 2.12. The zero-order chi connectivity index (χ0) is 16.6. The third-order valence-electron chi connectivity index (χ3n) is 4.98. The molecule has 1 aliphatic carbocycles. The van der Waals surface area contributed by atoms with E-state index in [4.69, 9.17) is 0 Å². The molecule has 1 aliphatic rings. The van der Waals surface area contributed by atoms with Crippen LogP contribution in [0.15, 0.2) is 24.3 Å². The summed E-state index contributed by atoms with van der Waals surface area (Å²) in [6, 6.07) is 10.9. The molecular weight excluding hydrogens is 292 g/mol. The van der Waals surface area contributed by atoms with Crippen molar-refractivity contribution in [2.75, 3.05) is 6.26 Å². The predicted octanol–water partition coefficient (Wildman–Crippen LogP) is 4.90. The van der Waals surface area contributed by atoms with Gasteiger partial charge in [0.25, 0.3) is 0 Å². The van der Waals surface area contributed by atoms with E-state index in [9.17, 15) is 9.81 Å². The molecule has 22 heavy (non-hydrogen) atoms. The van der Waals surface area contributed by atoms with Gasteiger partial charge in [-0.2, -0.15) is 5.26 Å². The average Bonchev–Trinajstić information content (AvgIpc) is 2.37. The maximum Gasteiger partial charge on any atom is 0.0822 e. The molecule has 4 heteroatoms. The van der Waals surface area contributed by atoms with Crippen molar-refractivity contribution in [2.45, 2.75) is 63.2 Å². The zero-order valence-corrected chi connectivity index (χ0v) is 15.1. The van der Waals surface area contributed by atoms with Crippen LogP contribution in [0.2, 0.25) is 0 Å². The van der Waals surface area contributed by atoms with Crippen molar-refractivity contribution in [2.24, 2.45) is 0 Å². The highest BCUT2D eigenvalue weighted by Gasteiger charge is 2.39. The van der Waals surface area contributed by atoms with E-state index in [1.54, 1.807) is 0 Å². The summed E-state index contributed by atoms with van der Waals surface area (Å²) in [6.45, 7) is 8.24. The topological polar surface area (TPSA) is 56.0 Å². The maximum atomic E-state index is 10.7. The molecule has 0 bridgehead atoms. The summed E-state index contributed by atoms with van der Waals surface area (Å²) in [7, 11) is -1.88. The molecule has 1 aromatic rings. The SMILES string of the molecule is C[C@H](NS(C)(O)C(C)(C)C)c1ccc(C2(C#N)CCC2)cc1. The van der Waals surface area contributed by atoms with Gasteiger partial charge in [-0.1, -0.05) is 34.8 Å². The molecule has 122 valence electrons. The van der Waals surface area contributed by atoms with E-state index < -0.39 is 10.5 Å². The average molecular weight is 321 g/mol. The molecule has 2 atom stereocenters. The van der Waals surface area contributed by atoms with Crippen LogP contribution in [0.3, 0.4) is 0 Å². The summed E-state index contributed by atoms with van der Waals surface area (Å²) < 4.78 is 13.9. The molecule has 0 radical (unpaired) electrons. The van der Waals surface area contributed by atoms with Gasteiger partial charge in [0.2, 0.25) is 0 Å². The Kier molecular flexibility index (Phi) is 4.64. The van der Waals surface area contributed by atoms with Crippen LogP contribution in [-0.4, -0.2) is 15.6 Å². The molecule has 0 spiro atoms. The van der Waals surface area contributed by atoms with E-state index in [1.165, 1.54) is 0 Å². The molecular formula is C18H28N2OS. The highest BCUT2D eigenvalue weighted by Crippen LogP contribution is 2.50. The highest BCUT2D eigenvalue weighted by molar-refractivity contribution is 8.28. The van der Waals surface area contributed by atoms with Gasteiger partial charge in [-0.05, 0) is 58.1 Å². The first kappa shape index (κ1) is 17.3. The van der Waals surface area contributed by atoms with E-state index in [2.05, 4.69) is 62.8 Å². The van der Waals surface area contributed by atoms with Crippen LogP contribution in [-0.2, 0) is 5.41 Å². The van der Waals surface area contributed by atoms with Crippen molar-refractivity contribution in [1.29, 1.82) is 5.26 Å². The summed E-state index contributed by atoms with van der Waals surface area (Å²) >= 11 is 0. The van der Waals surface area contributed by atoms with Crippen molar-refractivity contribution in [3.8, 4) is 6.07 Å². The molecule has 0 heterocycles. The van der Waals surface area contributed by atoms with Crippen LogP contribution in [0.5, 0.6) is 0 Å². The quantitative estimate of drug-likeness (QED) is 0.829. The van der Waals surface area contributed by atoms with Crippen LogP contribution in [0.25, 0.3) is 0 Å². The second-order valence-electron chi connectivity index (χ2n) is 7.50. The molecule has 0 saturated heterocycles. The van der Waals surface area contributed by atoms with Crippen LogP contribution < -0.4 is 4.72 Å². The van der Waals surface area contributed by atoms with Gasteiger partial charge < -0.3 is 4.55 Å².